The smallest absolute Gasteiger partial charge is 0.249 e. The van der Waals surface area contributed by atoms with Crippen molar-refractivity contribution in [3.05, 3.63) is 36.5 Å². The zero-order chi connectivity index (χ0) is 51.0. The maximum atomic E-state index is 13.1. The molecule has 7 N–H and O–H groups in total. The second-order valence-corrected chi connectivity index (χ2v) is 20.9. The van der Waals surface area contributed by atoms with E-state index in [4.69, 9.17) is 9.47 Å². The van der Waals surface area contributed by atoms with Gasteiger partial charge in [0.2, 0.25) is 5.91 Å². The number of unbranched alkanes of at least 4 members (excludes halogenated alkanes) is 36. The normalized spacial score (nSPS) is 20.0. The zero-order valence-corrected chi connectivity index (χ0v) is 45.4. The van der Waals surface area contributed by atoms with Crippen LogP contribution in [0, 0.1) is 0 Å². The van der Waals surface area contributed by atoms with Crippen molar-refractivity contribution in [2.45, 2.75) is 326 Å². The van der Waals surface area contributed by atoms with Gasteiger partial charge in [-0.05, 0) is 44.9 Å². The van der Waals surface area contributed by atoms with Crippen LogP contribution in [-0.2, 0) is 14.3 Å². The third-order valence-corrected chi connectivity index (χ3v) is 14.3. The number of aliphatic hydroxyl groups excluding tert-OH is 6. The van der Waals surface area contributed by atoms with Crippen LogP contribution in [0.1, 0.15) is 277 Å². The van der Waals surface area contributed by atoms with Crippen molar-refractivity contribution in [2.75, 3.05) is 13.2 Å². The van der Waals surface area contributed by atoms with Crippen molar-refractivity contribution in [3.8, 4) is 0 Å². The fraction of sp³-hybridized carbons (Fsp3) is 0.883. The molecule has 70 heavy (non-hydrogen) atoms. The van der Waals surface area contributed by atoms with Gasteiger partial charge in [0.15, 0.2) is 6.29 Å². The van der Waals surface area contributed by atoms with E-state index in [0.29, 0.717) is 19.3 Å². The van der Waals surface area contributed by atoms with E-state index in [1.54, 1.807) is 6.08 Å². The highest BCUT2D eigenvalue weighted by atomic mass is 16.7. The van der Waals surface area contributed by atoms with Gasteiger partial charge in [0, 0.05) is 0 Å². The standard InChI is InChI=1S/C60H113NO9/c1-3-5-7-9-11-13-15-17-19-20-21-22-23-24-25-26-27-28-29-30-31-32-33-34-35-37-39-41-43-45-47-49-54(64)59(68)61-52(51-69-60-58(67)57(66)56(65)55(50-62)70-60)53(63)48-46-44-42-40-38-36-18-16-14-12-10-8-6-4-2/h14,16,38,40,46,48,52-58,60,62-67H,3-13,15,17-37,39,41-45,47,49-51H2,1-2H3,(H,61,68)/b16-14+,40-38+,48-46+. The number of nitrogens with one attached hydrogen (secondary N) is 1. The summed E-state index contributed by atoms with van der Waals surface area (Å²) in [6.45, 7) is 3.59. The number of rotatable bonds is 51. The summed E-state index contributed by atoms with van der Waals surface area (Å²) in [6.07, 6.45) is 54.2. The number of ether oxygens (including phenoxy) is 2. The van der Waals surface area contributed by atoms with Crippen LogP contribution in [-0.4, -0.2) is 98.7 Å². The molecule has 8 atom stereocenters. The summed E-state index contributed by atoms with van der Waals surface area (Å²) in [6, 6.07) is -1.00. The Morgan fingerprint density at radius 1 is 0.486 bits per heavy atom. The number of carbonyl (C=O) groups excluding carboxylic acids is 1. The minimum absolute atomic E-state index is 0.304. The molecule has 1 aliphatic rings. The van der Waals surface area contributed by atoms with Gasteiger partial charge in [-0.25, -0.2) is 0 Å². The van der Waals surface area contributed by atoms with E-state index >= 15 is 0 Å². The van der Waals surface area contributed by atoms with Crippen LogP contribution in [0.3, 0.4) is 0 Å². The lowest BCUT2D eigenvalue weighted by atomic mass is 9.99. The Kier molecular flexibility index (Phi) is 47.0. The summed E-state index contributed by atoms with van der Waals surface area (Å²) in [5.41, 5.74) is 0. The van der Waals surface area contributed by atoms with Gasteiger partial charge >= 0.3 is 0 Å². The summed E-state index contributed by atoms with van der Waals surface area (Å²) in [4.78, 5) is 13.1. The van der Waals surface area contributed by atoms with E-state index < -0.39 is 61.5 Å². The quantitative estimate of drug-likeness (QED) is 0.0232. The summed E-state index contributed by atoms with van der Waals surface area (Å²) in [7, 11) is 0. The molecular formula is C60H113NO9. The lowest BCUT2D eigenvalue weighted by Gasteiger charge is -2.40. The van der Waals surface area contributed by atoms with E-state index in [1.807, 2.05) is 6.08 Å². The Morgan fingerprint density at radius 2 is 0.843 bits per heavy atom. The minimum Gasteiger partial charge on any atom is -0.394 e. The molecule has 1 heterocycles. The van der Waals surface area contributed by atoms with Crippen LogP contribution in [0.25, 0.3) is 0 Å². The van der Waals surface area contributed by atoms with Gasteiger partial charge in [-0.3, -0.25) is 4.79 Å². The van der Waals surface area contributed by atoms with Gasteiger partial charge in [-0.1, -0.05) is 269 Å². The molecule has 0 radical (unpaired) electrons. The minimum atomic E-state index is -1.62. The highest BCUT2D eigenvalue weighted by molar-refractivity contribution is 5.80. The van der Waals surface area contributed by atoms with Gasteiger partial charge in [-0.2, -0.15) is 0 Å². The first kappa shape index (κ1) is 66.4. The number of amides is 1. The topological polar surface area (TPSA) is 169 Å². The molecule has 0 aliphatic carbocycles. The van der Waals surface area contributed by atoms with Crippen molar-refractivity contribution in [1.29, 1.82) is 0 Å². The van der Waals surface area contributed by atoms with Crippen LogP contribution >= 0.6 is 0 Å². The van der Waals surface area contributed by atoms with Gasteiger partial charge in [0.1, 0.15) is 30.5 Å². The fourth-order valence-electron chi connectivity index (χ4n) is 9.49. The molecule has 0 bridgehead atoms. The van der Waals surface area contributed by atoms with Crippen molar-refractivity contribution >= 4 is 5.91 Å². The lowest BCUT2D eigenvalue weighted by molar-refractivity contribution is -0.302. The van der Waals surface area contributed by atoms with E-state index in [1.165, 1.54) is 199 Å². The van der Waals surface area contributed by atoms with Crippen LogP contribution in [0.5, 0.6) is 0 Å². The van der Waals surface area contributed by atoms with Crippen LogP contribution in [0.4, 0.5) is 0 Å². The predicted octanol–water partition coefficient (Wildman–Crippen LogP) is 13.7. The fourth-order valence-corrected chi connectivity index (χ4v) is 9.49. The van der Waals surface area contributed by atoms with Crippen LogP contribution < -0.4 is 5.32 Å². The van der Waals surface area contributed by atoms with Gasteiger partial charge < -0.3 is 45.4 Å². The molecule has 0 spiro atoms. The Labute approximate surface area is 430 Å². The second kappa shape index (κ2) is 49.6. The molecule has 0 saturated carbocycles. The average Bonchev–Trinajstić information content (AvgIpc) is 3.36. The molecule has 1 saturated heterocycles. The van der Waals surface area contributed by atoms with Crippen molar-refractivity contribution in [1.82, 2.24) is 5.32 Å². The number of aliphatic hydroxyl groups is 6. The molecule has 10 nitrogen and oxygen atoms in total. The third kappa shape index (κ3) is 38.0. The molecule has 8 unspecified atom stereocenters. The second-order valence-electron chi connectivity index (χ2n) is 20.9. The summed E-state index contributed by atoms with van der Waals surface area (Å²) in [5, 5.41) is 64.9. The van der Waals surface area contributed by atoms with E-state index in [9.17, 15) is 35.4 Å². The van der Waals surface area contributed by atoms with Crippen molar-refractivity contribution < 1.29 is 44.9 Å². The van der Waals surface area contributed by atoms with Crippen LogP contribution in [0.2, 0.25) is 0 Å². The molecule has 0 aromatic carbocycles. The van der Waals surface area contributed by atoms with Gasteiger partial charge in [0.05, 0.1) is 25.4 Å². The monoisotopic (exact) mass is 992 g/mol. The Bertz CT molecular complexity index is 1210. The molecular weight excluding hydrogens is 879 g/mol. The maximum absolute atomic E-state index is 13.1. The Morgan fingerprint density at radius 3 is 1.24 bits per heavy atom. The highest BCUT2D eigenvalue weighted by Crippen LogP contribution is 2.23. The van der Waals surface area contributed by atoms with Gasteiger partial charge in [0.25, 0.3) is 0 Å². The van der Waals surface area contributed by atoms with E-state index in [2.05, 4.69) is 43.5 Å². The third-order valence-electron chi connectivity index (χ3n) is 14.3. The van der Waals surface area contributed by atoms with E-state index in [0.717, 1.165) is 44.9 Å². The predicted molar refractivity (Wildman–Crippen MR) is 292 cm³/mol. The molecule has 10 heteroatoms. The molecule has 0 aromatic heterocycles. The van der Waals surface area contributed by atoms with Crippen LogP contribution in [0.15, 0.2) is 36.5 Å². The molecule has 0 aromatic rings. The first-order valence-electron chi connectivity index (χ1n) is 29.8. The number of allylic oxidation sites excluding steroid dienone is 5. The molecule has 1 fully saturated rings. The molecule has 1 rings (SSSR count). The Hall–Kier alpha value is -1.63. The van der Waals surface area contributed by atoms with Crippen molar-refractivity contribution in [2.24, 2.45) is 0 Å². The summed E-state index contributed by atoms with van der Waals surface area (Å²) in [5.74, 6) is -0.627. The zero-order valence-electron chi connectivity index (χ0n) is 45.4. The first-order valence-corrected chi connectivity index (χ1v) is 29.8. The first-order chi connectivity index (χ1) is 34.3. The molecule has 1 amide bonds. The maximum Gasteiger partial charge on any atom is 0.249 e. The number of carbonyl (C=O) groups is 1. The molecule has 412 valence electrons. The van der Waals surface area contributed by atoms with E-state index in [-0.39, 0.29) is 6.61 Å². The van der Waals surface area contributed by atoms with Crippen molar-refractivity contribution in [3.63, 3.8) is 0 Å². The number of hydrogen-bond donors (Lipinski definition) is 7. The average molecular weight is 993 g/mol. The van der Waals surface area contributed by atoms with Gasteiger partial charge in [-0.15, -0.1) is 0 Å². The largest absolute Gasteiger partial charge is 0.394 e. The Balaban J connectivity index is 2.17. The summed E-state index contributed by atoms with van der Waals surface area (Å²) >= 11 is 0. The lowest BCUT2D eigenvalue weighted by Crippen LogP contribution is -2.60. The number of hydrogen-bond acceptors (Lipinski definition) is 9. The summed E-state index contributed by atoms with van der Waals surface area (Å²) < 4.78 is 11.2. The molecule has 1 aliphatic heterocycles. The SMILES string of the molecule is CCCCCC/C=C/CC/C=C/CC/C=C/C(O)C(COC1OC(CO)C(O)C(O)C1O)NC(=O)C(O)CCCCCCCCCCCCCCCCCCCCCCCCCCCCCCCCC. The highest BCUT2D eigenvalue weighted by Gasteiger charge is 2.44.